The van der Waals surface area contributed by atoms with Gasteiger partial charge in [0, 0.05) is 11.6 Å². The van der Waals surface area contributed by atoms with E-state index in [9.17, 15) is 4.79 Å². The van der Waals surface area contributed by atoms with E-state index in [2.05, 4.69) is 5.32 Å². The molecule has 2 aromatic rings. The highest BCUT2D eigenvalue weighted by atomic mass is 35.5. The minimum absolute atomic E-state index is 0.166. The van der Waals surface area contributed by atoms with E-state index >= 15 is 0 Å². The Morgan fingerprint density at radius 3 is 2.64 bits per heavy atom. The van der Waals surface area contributed by atoms with Gasteiger partial charge in [0.2, 0.25) is 0 Å². The first-order chi connectivity index (χ1) is 10.5. The van der Waals surface area contributed by atoms with Crippen molar-refractivity contribution in [3.05, 3.63) is 64.2 Å². The van der Waals surface area contributed by atoms with E-state index in [4.69, 9.17) is 16.3 Å². The van der Waals surface area contributed by atoms with Crippen LogP contribution in [0.2, 0.25) is 5.02 Å². The predicted octanol–water partition coefficient (Wildman–Crippen LogP) is 4.04. The van der Waals surface area contributed by atoms with Gasteiger partial charge in [-0.05, 0) is 49.6 Å². The van der Waals surface area contributed by atoms with E-state index in [1.807, 2.05) is 50.2 Å². The smallest absolute Gasteiger partial charge is 0.261 e. The van der Waals surface area contributed by atoms with Crippen LogP contribution in [-0.2, 0) is 11.3 Å². The fourth-order valence-electron chi connectivity index (χ4n) is 2.06. The monoisotopic (exact) mass is 317 g/mol. The third-order valence-electron chi connectivity index (χ3n) is 3.64. The van der Waals surface area contributed by atoms with Crippen LogP contribution in [-0.4, -0.2) is 12.0 Å². The second-order valence-electron chi connectivity index (χ2n) is 5.27. The van der Waals surface area contributed by atoms with Crippen molar-refractivity contribution in [2.75, 3.05) is 0 Å². The summed E-state index contributed by atoms with van der Waals surface area (Å²) in [5, 5.41) is 3.49. The molecule has 1 amide bonds. The van der Waals surface area contributed by atoms with Crippen LogP contribution in [0, 0.1) is 13.8 Å². The van der Waals surface area contributed by atoms with E-state index in [1.54, 1.807) is 13.0 Å². The SMILES string of the molecule is Cc1cccc(O[C@H](C)C(=O)NCc2ccccc2Cl)c1C. The standard InChI is InChI=1S/C18H20ClNO2/c1-12-7-6-10-17(13(12)2)22-14(3)18(21)20-11-15-8-4-5-9-16(15)19/h4-10,14H,11H2,1-3H3,(H,20,21)/t14-/m1/s1. The van der Waals surface area contributed by atoms with Gasteiger partial charge in [-0.3, -0.25) is 4.79 Å². The molecule has 0 aromatic heterocycles. The normalized spacial score (nSPS) is 11.8. The molecule has 116 valence electrons. The minimum atomic E-state index is -0.567. The van der Waals surface area contributed by atoms with Crippen molar-refractivity contribution >= 4 is 17.5 Å². The molecule has 0 aliphatic rings. The Kier molecular flexibility index (Phi) is 5.45. The van der Waals surface area contributed by atoms with E-state index in [0.29, 0.717) is 11.6 Å². The summed E-state index contributed by atoms with van der Waals surface area (Å²) in [7, 11) is 0. The number of benzene rings is 2. The highest BCUT2D eigenvalue weighted by Gasteiger charge is 2.16. The number of halogens is 1. The Morgan fingerprint density at radius 2 is 1.91 bits per heavy atom. The molecule has 0 saturated heterocycles. The second-order valence-corrected chi connectivity index (χ2v) is 5.67. The first-order valence-electron chi connectivity index (χ1n) is 7.23. The summed E-state index contributed by atoms with van der Waals surface area (Å²) in [5.41, 5.74) is 3.07. The van der Waals surface area contributed by atoms with Gasteiger partial charge in [-0.2, -0.15) is 0 Å². The van der Waals surface area contributed by atoms with E-state index in [-0.39, 0.29) is 5.91 Å². The van der Waals surface area contributed by atoms with E-state index in [1.165, 1.54) is 0 Å². The predicted molar refractivity (Wildman–Crippen MR) is 89.3 cm³/mol. The molecule has 3 nitrogen and oxygen atoms in total. The maximum atomic E-state index is 12.1. The highest BCUT2D eigenvalue weighted by Crippen LogP contribution is 2.22. The third kappa shape index (κ3) is 4.01. The lowest BCUT2D eigenvalue weighted by Gasteiger charge is -2.17. The van der Waals surface area contributed by atoms with Gasteiger partial charge in [-0.25, -0.2) is 0 Å². The first kappa shape index (κ1) is 16.4. The summed E-state index contributed by atoms with van der Waals surface area (Å²) in [5.74, 6) is 0.571. The molecule has 0 unspecified atom stereocenters. The van der Waals surface area contributed by atoms with Gasteiger partial charge in [-0.1, -0.05) is 41.9 Å². The van der Waals surface area contributed by atoms with Crippen LogP contribution in [0.4, 0.5) is 0 Å². The van der Waals surface area contributed by atoms with Crippen LogP contribution in [0.25, 0.3) is 0 Å². The maximum absolute atomic E-state index is 12.1. The summed E-state index contributed by atoms with van der Waals surface area (Å²) >= 11 is 6.07. The summed E-state index contributed by atoms with van der Waals surface area (Å²) in [6, 6.07) is 13.3. The highest BCUT2D eigenvalue weighted by molar-refractivity contribution is 6.31. The molecule has 0 aliphatic heterocycles. The molecule has 1 N–H and O–H groups in total. The zero-order chi connectivity index (χ0) is 16.1. The number of carbonyl (C=O) groups is 1. The lowest BCUT2D eigenvalue weighted by molar-refractivity contribution is -0.127. The quantitative estimate of drug-likeness (QED) is 0.903. The third-order valence-corrected chi connectivity index (χ3v) is 4.01. The zero-order valence-electron chi connectivity index (χ0n) is 13.0. The maximum Gasteiger partial charge on any atom is 0.261 e. The van der Waals surface area contributed by atoms with Crippen LogP contribution in [0.5, 0.6) is 5.75 Å². The topological polar surface area (TPSA) is 38.3 Å². The van der Waals surface area contributed by atoms with E-state index < -0.39 is 6.10 Å². The average Bonchev–Trinajstić information content (AvgIpc) is 2.50. The molecule has 0 fully saturated rings. The van der Waals surface area contributed by atoms with Gasteiger partial charge in [0.25, 0.3) is 5.91 Å². The van der Waals surface area contributed by atoms with Crippen molar-refractivity contribution in [1.82, 2.24) is 5.32 Å². The molecular formula is C18H20ClNO2. The molecule has 0 spiro atoms. The van der Waals surface area contributed by atoms with Gasteiger partial charge >= 0.3 is 0 Å². The number of aryl methyl sites for hydroxylation is 1. The van der Waals surface area contributed by atoms with Crippen LogP contribution >= 0.6 is 11.6 Å². The van der Waals surface area contributed by atoms with Crippen molar-refractivity contribution in [2.24, 2.45) is 0 Å². The van der Waals surface area contributed by atoms with Crippen LogP contribution < -0.4 is 10.1 Å². The largest absolute Gasteiger partial charge is 0.481 e. The molecule has 0 heterocycles. The molecule has 0 radical (unpaired) electrons. The summed E-state index contributed by atoms with van der Waals surface area (Å²) in [6.07, 6.45) is -0.567. The number of hydrogen-bond acceptors (Lipinski definition) is 2. The summed E-state index contributed by atoms with van der Waals surface area (Å²) < 4.78 is 5.76. The fourth-order valence-corrected chi connectivity index (χ4v) is 2.27. The number of hydrogen-bond donors (Lipinski definition) is 1. The lowest BCUT2D eigenvalue weighted by atomic mass is 10.1. The molecule has 22 heavy (non-hydrogen) atoms. The van der Waals surface area contributed by atoms with Crippen LogP contribution in [0.1, 0.15) is 23.6 Å². The minimum Gasteiger partial charge on any atom is -0.481 e. The Morgan fingerprint density at radius 1 is 1.18 bits per heavy atom. The van der Waals surface area contributed by atoms with Crippen molar-refractivity contribution in [3.63, 3.8) is 0 Å². The number of carbonyl (C=O) groups excluding carboxylic acids is 1. The molecule has 1 atom stereocenters. The lowest BCUT2D eigenvalue weighted by Crippen LogP contribution is -2.36. The summed E-state index contributed by atoms with van der Waals surface area (Å²) in [4.78, 5) is 12.1. The first-order valence-corrected chi connectivity index (χ1v) is 7.61. The number of ether oxygens (including phenoxy) is 1. The molecular weight excluding hydrogens is 298 g/mol. The van der Waals surface area contributed by atoms with Gasteiger partial charge in [0.1, 0.15) is 5.75 Å². The number of nitrogens with one attached hydrogen (secondary N) is 1. The number of amides is 1. The van der Waals surface area contributed by atoms with Gasteiger partial charge < -0.3 is 10.1 Å². The van der Waals surface area contributed by atoms with Gasteiger partial charge in [0.15, 0.2) is 6.10 Å². The Bertz CT molecular complexity index is 670. The average molecular weight is 318 g/mol. The molecule has 2 rings (SSSR count). The molecule has 0 bridgehead atoms. The van der Waals surface area contributed by atoms with Crippen molar-refractivity contribution in [1.29, 1.82) is 0 Å². The molecule has 0 saturated carbocycles. The van der Waals surface area contributed by atoms with Gasteiger partial charge in [-0.15, -0.1) is 0 Å². The molecule has 2 aromatic carbocycles. The van der Waals surface area contributed by atoms with Crippen LogP contribution in [0.15, 0.2) is 42.5 Å². The fraction of sp³-hybridized carbons (Fsp3) is 0.278. The van der Waals surface area contributed by atoms with Gasteiger partial charge in [0.05, 0.1) is 0 Å². The van der Waals surface area contributed by atoms with E-state index in [0.717, 1.165) is 22.4 Å². The zero-order valence-corrected chi connectivity index (χ0v) is 13.8. The Labute approximate surface area is 136 Å². The molecule has 0 aliphatic carbocycles. The summed E-state index contributed by atoms with van der Waals surface area (Å²) in [6.45, 7) is 6.13. The van der Waals surface area contributed by atoms with Crippen molar-refractivity contribution < 1.29 is 9.53 Å². The second kappa shape index (κ2) is 7.32. The molecule has 4 heteroatoms. The van der Waals surface area contributed by atoms with Crippen molar-refractivity contribution in [3.8, 4) is 5.75 Å². The Hall–Kier alpha value is -2.00. The van der Waals surface area contributed by atoms with Crippen LogP contribution in [0.3, 0.4) is 0 Å². The Balaban J connectivity index is 1.95. The van der Waals surface area contributed by atoms with Crippen molar-refractivity contribution in [2.45, 2.75) is 33.4 Å². The number of rotatable bonds is 5.